The molecule has 0 aliphatic carbocycles. The van der Waals surface area contributed by atoms with Crippen LogP contribution in [0.2, 0.25) is 0 Å². The van der Waals surface area contributed by atoms with E-state index in [1.807, 2.05) is 6.92 Å². The fourth-order valence-corrected chi connectivity index (χ4v) is 2.58. The molecule has 102 valence electrons. The number of carbonyl (C=O) groups excluding carboxylic acids is 1. The van der Waals surface area contributed by atoms with Crippen LogP contribution in [-0.2, 0) is 6.54 Å². The quantitative estimate of drug-likeness (QED) is 0.804. The molecule has 0 aliphatic heterocycles. The number of aryl methyl sites for hydroxylation is 1. The van der Waals surface area contributed by atoms with E-state index in [2.05, 4.69) is 15.4 Å². The number of fused-ring (bicyclic) bond motifs is 1. The van der Waals surface area contributed by atoms with Gasteiger partial charge in [-0.25, -0.2) is 13.9 Å². The highest BCUT2D eigenvalue weighted by atomic mass is 32.1. The minimum Gasteiger partial charge on any atom is -0.346 e. The van der Waals surface area contributed by atoms with Crippen molar-refractivity contribution in [2.45, 2.75) is 13.5 Å². The van der Waals surface area contributed by atoms with Gasteiger partial charge in [0.2, 0.25) is 4.96 Å². The maximum atomic E-state index is 13.0. The van der Waals surface area contributed by atoms with Gasteiger partial charge in [-0.2, -0.15) is 5.10 Å². The molecule has 0 fully saturated rings. The summed E-state index contributed by atoms with van der Waals surface area (Å²) in [4.78, 5) is 17.0. The van der Waals surface area contributed by atoms with Crippen molar-refractivity contribution in [1.82, 2.24) is 19.9 Å². The number of benzene rings is 1. The lowest BCUT2D eigenvalue weighted by atomic mass is 10.2. The molecule has 0 atom stereocenters. The largest absolute Gasteiger partial charge is 0.346 e. The minimum atomic E-state index is -0.431. The van der Waals surface area contributed by atoms with Crippen molar-refractivity contribution in [1.29, 1.82) is 0 Å². The number of hydrogen-bond acceptors (Lipinski definition) is 4. The van der Waals surface area contributed by atoms with Crippen LogP contribution in [0.5, 0.6) is 0 Å². The van der Waals surface area contributed by atoms with Crippen molar-refractivity contribution < 1.29 is 9.18 Å². The molecule has 0 unspecified atom stereocenters. The van der Waals surface area contributed by atoms with Crippen LogP contribution in [0.15, 0.2) is 30.5 Å². The predicted molar refractivity (Wildman–Crippen MR) is 73.2 cm³/mol. The molecule has 0 radical (unpaired) electrons. The second-order valence-electron chi connectivity index (χ2n) is 4.27. The first kappa shape index (κ1) is 12.7. The normalized spacial score (nSPS) is 10.9. The lowest BCUT2D eigenvalue weighted by Crippen LogP contribution is -2.23. The highest BCUT2D eigenvalue weighted by molar-refractivity contribution is 7.16. The summed E-state index contributed by atoms with van der Waals surface area (Å²) in [7, 11) is 0. The van der Waals surface area contributed by atoms with Crippen molar-refractivity contribution in [3.63, 3.8) is 0 Å². The Morgan fingerprint density at radius 1 is 1.50 bits per heavy atom. The summed E-state index contributed by atoms with van der Waals surface area (Å²) >= 11 is 1.48. The highest BCUT2D eigenvalue weighted by Gasteiger charge is 2.09. The van der Waals surface area contributed by atoms with Gasteiger partial charge in [0.15, 0.2) is 0 Å². The second-order valence-corrected chi connectivity index (χ2v) is 5.43. The summed E-state index contributed by atoms with van der Waals surface area (Å²) in [5, 5.41) is 7.88. The number of imidazole rings is 1. The lowest BCUT2D eigenvalue weighted by Gasteiger charge is -2.02. The van der Waals surface area contributed by atoms with Gasteiger partial charge < -0.3 is 5.32 Å². The summed E-state index contributed by atoms with van der Waals surface area (Å²) < 4.78 is 14.7. The Morgan fingerprint density at radius 2 is 2.35 bits per heavy atom. The Balaban J connectivity index is 1.69. The van der Waals surface area contributed by atoms with Gasteiger partial charge in [0, 0.05) is 5.56 Å². The van der Waals surface area contributed by atoms with Crippen molar-refractivity contribution in [2.75, 3.05) is 0 Å². The van der Waals surface area contributed by atoms with Crippen LogP contribution >= 0.6 is 11.3 Å². The van der Waals surface area contributed by atoms with E-state index < -0.39 is 5.82 Å². The van der Waals surface area contributed by atoms with Crippen LogP contribution < -0.4 is 5.32 Å². The molecule has 2 aromatic heterocycles. The molecule has 20 heavy (non-hydrogen) atoms. The van der Waals surface area contributed by atoms with E-state index in [0.29, 0.717) is 11.3 Å². The number of halogens is 1. The summed E-state index contributed by atoms with van der Waals surface area (Å²) in [6.07, 6.45) is 1.77. The zero-order chi connectivity index (χ0) is 14.1. The molecule has 7 heteroatoms. The second kappa shape index (κ2) is 5.01. The van der Waals surface area contributed by atoms with E-state index in [9.17, 15) is 9.18 Å². The molecule has 5 nitrogen and oxygen atoms in total. The van der Waals surface area contributed by atoms with E-state index >= 15 is 0 Å². The van der Waals surface area contributed by atoms with Gasteiger partial charge in [0.05, 0.1) is 18.4 Å². The SMILES string of the molecule is Cc1nn2cc(CNC(=O)c3cccc(F)c3)nc2s1. The van der Waals surface area contributed by atoms with E-state index in [4.69, 9.17) is 0 Å². The molecule has 3 aromatic rings. The number of hydrogen-bond donors (Lipinski definition) is 1. The number of nitrogens with one attached hydrogen (secondary N) is 1. The van der Waals surface area contributed by atoms with Crippen LogP contribution in [0.3, 0.4) is 0 Å². The minimum absolute atomic E-state index is 0.282. The summed E-state index contributed by atoms with van der Waals surface area (Å²) in [5.74, 6) is -0.759. The van der Waals surface area contributed by atoms with Gasteiger partial charge in [-0.05, 0) is 25.1 Å². The number of carbonyl (C=O) groups is 1. The Hall–Kier alpha value is -2.28. The van der Waals surface area contributed by atoms with Gasteiger partial charge in [-0.3, -0.25) is 4.79 Å². The zero-order valence-electron chi connectivity index (χ0n) is 10.6. The number of aromatic nitrogens is 3. The molecule has 0 saturated heterocycles. The van der Waals surface area contributed by atoms with Gasteiger partial charge >= 0.3 is 0 Å². The zero-order valence-corrected chi connectivity index (χ0v) is 11.4. The Bertz CT molecular complexity index is 748. The topological polar surface area (TPSA) is 59.3 Å². The summed E-state index contributed by atoms with van der Waals surface area (Å²) in [5.41, 5.74) is 1.01. The number of rotatable bonds is 3. The van der Waals surface area contributed by atoms with Crippen LogP contribution in [0, 0.1) is 12.7 Å². The Kier molecular flexibility index (Phi) is 3.19. The lowest BCUT2D eigenvalue weighted by molar-refractivity contribution is 0.0950. The predicted octanol–water partition coefficient (Wildman–Crippen LogP) is 2.17. The van der Waals surface area contributed by atoms with Crippen LogP contribution in [0.1, 0.15) is 21.1 Å². The maximum Gasteiger partial charge on any atom is 0.251 e. The standard InChI is InChI=1S/C13H11FN4OS/c1-8-17-18-7-11(16-13(18)20-8)6-15-12(19)9-3-2-4-10(14)5-9/h2-5,7H,6H2,1H3,(H,15,19). The fourth-order valence-electron chi connectivity index (χ4n) is 1.83. The average Bonchev–Trinajstić information content (AvgIpc) is 2.92. The molecule has 0 saturated carbocycles. The molecule has 3 rings (SSSR count). The first-order chi connectivity index (χ1) is 9.61. The van der Waals surface area contributed by atoms with Crippen LogP contribution in [0.4, 0.5) is 4.39 Å². The smallest absolute Gasteiger partial charge is 0.251 e. The van der Waals surface area contributed by atoms with E-state index in [-0.39, 0.29) is 12.5 Å². The molecule has 2 heterocycles. The van der Waals surface area contributed by atoms with Crippen molar-refractivity contribution in [3.05, 3.63) is 52.5 Å². The van der Waals surface area contributed by atoms with Gasteiger partial charge in [0.1, 0.15) is 10.8 Å². The van der Waals surface area contributed by atoms with E-state index in [1.165, 1.54) is 29.5 Å². The maximum absolute atomic E-state index is 13.0. The summed E-state index contributed by atoms with van der Waals surface area (Å²) in [6, 6.07) is 5.57. The van der Waals surface area contributed by atoms with Crippen molar-refractivity contribution in [3.8, 4) is 0 Å². The molecule has 0 aliphatic rings. The molecule has 1 N–H and O–H groups in total. The Labute approximate surface area is 118 Å². The van der Waals surface area contributed by atoms with E-state index in [0.717, 1.165) is 9.97 Å². The molecular formula is C13H11FN4OS. The first-order valence-corrected chi connectivity index (χ1v) is 6.79. The molecular weight excluding hydrogens is 279 g/mol. The molecule has 0 bridgehead atoms. The third kappa shape index (κ3) is 2.53. The fraction of sp³-hybridized carbons (Fsp3) is 0.154. The molecule has 1 aromatic carbocycles. The number of nitrogens with zero attached hydrogens (tertiary/aromatic N) is 3. The van der Waals surface area contributed by atoms with E-state index in [1.54, 1.807) is 16.8 Å². The van der Waals surface area contributed by atoms with Gasteiger partial charge in [-0.15, -0.1) is 0 Å². The van der Waals surface area contributed by atoms with Crippen LogP contribution in [-0.4, -0.2) is 20.5 Å². The van der Waals surface area contributed by atoms with Gasteiger partial charge in [-0.1, -0.05) is 17.4 Å². The number of amides is 1. The third-order valence-corrected chi connectivity index (χ3v) is 3.55. The third-order valence-electron chi connectivity index (χ3n) is 2.71. The molecule has 0 spiro atoms. The summed E-state index contributed by atoms with van der Waals surface area (Å²) in [6.45, 7) is 2.19. The average molecular weight is 290 g/mol. The monoisotopic (exact) mass is 290 g/mol. The van der Waals surface area contributed by atoms with Gasteiger partial charge in [0.25, 0.3) is 5.91 Å². The first-order valence-electron chi connectivity index (χ1n) is 5.97. The van der Waals surface area contributed by atoms with Crippen molar-refractivity contribution >= 4 is 22.2 Å². The van der Waals surface area contributed by atoms with Crippen molar-refractivity contribution in [2.24, 2.45) is 0 Å². The highest BCUT2D eigenvalue weighted by Crippen LogP contribution is 2.13. The molecule has 1 amide bonds. The Morgan fingerprint density at radius 3 is 3.10 bits per heavy atom. The van der Waals surface area contributed by atoms with Crippen LogP contribution in [0.25, 0.3) is 4.96 Å².